The van der Waals surface area contributed by atoms with Crippen LogP contribution in [0, 0.1) is 13.8 Å². The van der Waals surface area contributed by atoms with E-state index in [4.69, 9.17) is 0 Å². The molecule has 2 aromatic rings. The van der Waals surface area contributed by atoms with Crippen LogP contribution >= 0.6 is 0 Å². The standard InChI is InChI=1S/C15H14O2/c1-10-7-8-12(11(2)9-10)13-5-3-4-6-14(13)15(16)17/h3-9H,1-2H3,(H,16,17). The molecule has 0 aromatic heterocycles. The lowest BCUT2D eigenvalue weighted by Gasteiger charge is -2.09. The monoisotopic (exact) mass is 226 g/mol. The van der Waals surface area contributed by atoms with Crippen molar-refractivity contribution in [2.45, 2.75) is 13.8 Å². The molecule has 2 nitrogen and oxygen atoms in total. The average Bonchev–Trinajstić information content (AvgIpc) is 2.29. The van der Waals surface area contributed by atoms with E-state index in [0.717, 1.165) is 16.7 Å². The van der Waals surface area contributed by atoms with E-state index in [9.17, 15) is 9.90 Å². The molecule has 1 N–H and O–H groups in total. The molecule has 2 aromatic carbocycles. The number of benzene rings is 2. The minimum Gasteiger partial charge on any atom is -0.478 e. The number of carboxylic acids is 1. The molecule has 0 fully saturated rings. The minimum absolute atomic E-state index is 0.347. The Morgan fingerprint density at radius 3 is 2.35 bits per heavy atom. The van der Waals surface area contributed by atoms with Gasteiger partial charge in [0.2, 0.25) is 0 Å². The predicted molar refractivity (Wildman–Crippen MR) is 68.3 cm³/mol. The second kappa shape index (κ2) is 4.42. The summed E-state index contributed by atoms with van der Waals surface area (Å²) < 4.78 is 0. The lowest BCUT2D eigenvalue weighted by molar-refractivity contribution is 0.0698. The lowest BCUT2D eigenvalue weighted by atomic mass is 9.95. The van der Waals surface area contributed by atoms with Crippen molar-refractivity contribution in [1.29, 1.82) is 0 Å². The smallest absolute Gasteiger partial charge is 0.336 e. The molecule has 0 amide bonds. The fourth-order valence-electron chi connectivity index (χ4n) is 2.02. The Hall–Kier alpha value is -2.09. The van der Waals surface area contributed by atoms with Gasteiger partial charge in [-0.3, -0.25) is 0 Å². The number of carbonyl (C=O) groups is 1. The van der Waals surface area contributed by atoms with Crippen LogP contribution in [0.3, 0.4) is 0 Å². The first-order valence-electron chi connectivity index (χ1n) is 5.49. The highest BCUT2D eigenvalue weighted by atomic mass is 16.4. The summed E-state index contributed by atoms with van der Waals surface area (Å²) in [5.41, 5.74) is 4.38. The van der Waals surface area contributed by atoms with E-state index < -0.39 is 5.97 Å². The first-order chi connectivity index (χ1) is 8.09. The molecule has 86 valence electrons. The number of carboxylic acid groups (broad SMARTS) is 1. The fourth-order valence-corrected chi connectivity index (χ4v) is 2.02. The number of hydrogen-bond donors (Lipinski definition) is 1. The summed E-state index contributed by atoms with van der Waals surface area (Å²) in [5, 5.41) is 9.17. The average molecular weight is 226 g/mol. The first kappa shape index (κ1) is 11.4. The summed E-state index contributed by atoms with van der Waals surface area (Å²) in [6.07, 6.45) is 0. The van der Waals surface area contributed by atoms with Crippen molar-refractivity contribution in [3.63, 3.8) is 0 Å². The van der Waals surface area contributed by atoms with Gasteiger partial charge in [0.1, 0.15) is 0 Å². The van der Waals surface area contributed by atoms with Crippen LogP contribution in [0.15, 0.2) is 42.5 Å². The van der Waals surface area contributed by atoms with Gasteiger partial charge >= 0.3 is 5.97 Å². The maximum absolute atomic E-state index is 11.2. The maximum atomic E-state index is 11.2. The first-order valence-corrected chi connectivity index (χ1v) is 5.49. The van der Waals surface area contributed by atoms with Gasteiger partial charge in [-0.25, -0.2) is 4.79 Å². The molecule has 0 saturated carbocycles. The van der Waals surface area contributed by atoms with Crippen LogP contribution in [0.4, 0.5) is 0 Å². The van der Waals surface area contributed by atoms with E-state index in [-0.39, 0.29) is 0 Å². The molecular weight excluding hydrogens is 212 g/mol. The predicted octanol–water partition coefficient (Wildman–Crippen LogP) is 3.67. The van der Waals surface area contributed by atoms with Crippen molar-refractivity contribution in [1.82, 2.24) is 0 Å². The molecule has 0 radical (unpaired) electrons. The topological polar surface area (TPSA) is 37.3 Å². The molecule has 0 atom stereocenters. The highest BCUT2D eigenvalue weighted by molar-refractivity contribution is 5.96. The van der Waals surface area contributed by atoms with Crippen molar-refractivity contribution >= 4 is 5.97 Å². The molecule has 0 bridgehead atoms. The van der Waals surface area contributed by atoms with Gasteiger partial charge in [0, 0.05) is 0 Å². The van der Waals surface area contributed by atoms with E-state index in [1.807, 2.05) is 38.1 Å². The van der Waals surface area contributed by atoms with Crippen LogP contribution in [0.2, 0.25) is 0 Å². The van der Waals surface area contributed by atoms with Gasteiger partial charge in [0.25, 0.3) is 0 Å². The zero-order chi connectivity index (χ0) is 12.4. The Kier molecular flexibility index (Phi) is 2.96. The van der Waals surface area contributed by atoms with Crippen molar-refractivity contribution in [3.05, 3.63) is 59.2 Å². The summed E-state index contributed by atoms with van der Waals surface area (Å²) in [4.78, 5) is 11.2. The SMILES string of the molecule is Cc1ccc(-c2ccccc2C(=O)O)c(C)c1. The molecule has 2 heteroatoms. The third-order valence-corrected chi connectivity index (χ3v) is 2.83. The molecule has 0 aliphatic carbocycles. The Morgan fingerprint density at radius 2 is 1.71 bits per heavy atom. The Labute approximate surface area is 101 Å². The molecule has 0 heterocycles. The Bertz CT molecular complexity index is 571. The highest BCUT2D eigenvalue weighted by Gasteiger charge is 2.12. The molecule has 0 aliphatic rings. The van der Waals surface area contributed by atoms with Crippen LogP contribution < -0.4 is 0 Å². The number of aryl methyl sites for hydroxylation is 2. The van der Waals surface area contributed by atoms with Crippen LogP contribution in [0.25, 0.3) is 11.1 Å². The van der Waals surface area contributed by atoms with Crippen molar-refractivity contribution in [3.8, 4) is 11.1 Å². The molecule has 0 saturated heterocycles. The van der Waals surface area contributed by atoms with Gasteiger partial charge in [0.15, 0.2) is 0 Å². The highest BCUT2D eigenvalue weighted by Crippen LogP contribution is 2.27. The zero-order valence-corrected chi connectivity index (χ0v) is 9.90. The number of aromatic carboxylic acids is 1. The van der Waals surface area contributed by atoms with E-state index in [0.29, 0.717) is 5.56 Å². The summed E-state index contributed by atoms with van der Waals surface area (Å²) >= 11 is 0. The van der Waals surface area contributed by atoms with Gasteiger partial charge in [-0.05, 0) is 36.6 Å². The van der Waals surface area contributed by atoms with Crippen molar-refractivity contribution in [2.24, 2.45) is 0 Å². The summed E-state index contributed by atoms with van der Waals surface area (Å²) in [7, 11) is 0. The van der Waals surface area contributed by atoms with Gasteiger partial charge in [-0.1, -0.05) is 42.0 Å². The zero-order valence-electron chi connectivity index (χ0n) is 9.90. The molecule has 0 spiro atoms. The summed E-state index contributed by atoms with van der Waals surface area (Å²) in [6, 6.07) is 13.1. The van der Waals surface area contributed by atoms with Gasteiger partial charge < -0.3 is 5.11 Å². The van der Waals surface area contributed by atoms with E-state index in [1.54, 1.807) is 12.1 Å². The quantitative estimate of drug-likeness (QED) is 0.848. The van der Waals surface area contributed by atoms with E-state index in [2.05, 4.69) is 6.07 Å². The Morgan fingerprint density at radius 1 is 1.00 bits per heavy atom. The van der Waals surface area contributed by atoms with E-state index >= 15 is 0 Å². The fraction of sp³-hybridized carbons (Fsp3) is 0.133. The largest absolute Gasteiger partial charge is 0.478 e. The molecular formula is C15H14O2. The Balaban J connectivity index is 2.64. The normalized spacial score (nSPS) is 10.2. The number of hydrogen-bond acceptors (Lipinski definition) is 1. The van der Waals surface area contributed by atoms with Crippen LogP contribution in [-0.4, -0.2) is 11.1 Å². The molecule has 17 heavy (non-hydrogen) atoms. The third kappa shape index (κ3) is 2.21. The van der Waals surface area contributed by atoms with Crippen LogP contribution in [-0.2, 0) is 0 Å². The van der Waals surface area contributed by atoms with Crippen LogP contribution in [0.5, 0.6) is 0 Å². The van der Waals surface area contributed by atoms with Gasteiger partial charge in [-0.15, -0.1) is 0 Å². The van der Waals surface area contributed by atoms with E-state index in [1.165, 1.54) is 5.56 Å². The van der Waals surface area contributed by atoms with Gasteiger partial charge in [0.05, 0.1) is 5.56 Å². The number of rotatable bonds is 2. The summed E-state index contributed by atoms with van der Waals surface area (Å²) in [6.45, 7) is 4.03. The molecule has 0 unspecified atom stereocenters. The van der Waals surface area contributed by atoms with Crippen LogP contribution in [0.1, 0.15) is 21.5 Å². The third-order valence-electron chi connectivity index (χ3n) is 2.83. The second-order valence-corrected chi connectivity index (χ2v) is 4.17. The summed E-state index contributed by atoms with van der Waals surface area (Å²) in [5.74, 6) is -0.888. The maximum Gasteiger partial charge on any atom is 0.336 e. The second-order valence-electron chi connectivity index (χ2n) is 4.17. The van der Waals surface area contributed by atoms with Crippen molar-refractivity contribution in [2.75, 3.05) is 0 Å². The van der Waals surface area contributed by atoms with Gasteiger partial charge in [-0.2, -0.15) is 0 Å². The lowest BCUT2D eigenvalue weighted by Crippen LogP contribution is -1.99. The molecule has 0 aliphatic heterocycles. The molecule has 2 rings (SSSR count). The minimum atomic E-state index is -0.888. The van der Waals surface area contributed by atoms with Crippen molar-refractivity contribution < 1.29 is 9.90 Å².